The van der Waals surface area contributed by atoms with Crippen LogP contribution in [0.25, 0.3) is 10.9 Å². The largest absolute Gasteiger partial charge is 0.416 e. The molecule has 0 spiro atoms. The lowest BCUT2D eigenvalue weighted by molar-refractivity contribution is -0.137. The summed E-state index contributed by atoms with van der Waals surface area (Å²) in [4.78, 5) is 3.52. The lowest BCUT2D eigenvalue weighted by atomic mass is 10.1. The van der Waals surface area contributed by atoms with Crippen molar-refractivity contribution in [3.63, 3.8) is 0 Å². The van der Waals surface area contributed by atoms with Gasteiger partial charge in [0.05, 0.1) is 22.9 Å². The number of nitrogens with two attached hydrogens (primary N) is 1. The third-order valence-corrected chi connectivity index (χ3v) is 4.56. The van der Waals surface area contributed by atoms with Crippen LogP contribution < -0.4 is 5.14 Å². The fourth-order valence-corrected chi connectivity index (χ4v) is 3.08. The summed E-state index contributed by atoms with van der Waals surface area (Å²) in [6, 6.07) is 11.8. The molecule has 24 heavy (non-hydrogen) atoms. The second-order valence-electron chi connectivity index (χ2n) is 4.97. The van der Waals surface area contributed by atoms with Gasteiger partial charge < -0.3 is 4.98 Å². The summed E-state index contributed by atoms with van der Waals surface area (Å²) in [6.07, 6.45) is -2.73. The number of alkyl halides is 3. The number of hydrogen-bond acceptors (Lipinski definition) is 2. The Morgan fingerprint density at radius 3 is 2.46 bits per heavy atom. The van der Waals surface area contributed by atoms with Gasteiger partial charge in [0.2, 0.25) is 0 Å². The predicted octanol–water partition coefficient (Wildman–Crippen LogP) is 4.42. The number of aromatic nitrogens is 1. The van der Waals surface area contributed by atoms with Crippen molar-refractivity contribution in [3.8, 4) is 6.07 Å². The van der Waals surface area contributed by atoms with Crippen molar-refractivity contribution in [2.45, 2.75) is 11.1 Å². The molecule has 1 unspecified atom stereocenters. The van der Waals surface area contributed by atoms with Crippen LogP contribution in [0.1, 0.15) is 11.1 Å². The Bertz CT molecular complexity index is 966. The van der Waals surface area contributed by atoms with Gasteiger partial charge >= 0.3 is 6.18 Å². The van der Waals surface area contributed by atoms with Crippen molar-refractivity contribution in [3.05, 3.63) is 59.8 Å². The number of fused-ring (bicyclic) bond motifs is 1. The number of nitrogens with one attached hydrogen (secondary N) is 1. The van der Waals surface area contributed by atoms with Crippen LogP contribution in [0, 0.1) is 11.3 Å². The summed E-state index contributed by atoms with van der Waals surface area (Å²) in [5.74, 6) is 0. The van der Waals surface area contributed by atoms with Gasteiger partial charge in [0.1, 0.15) is 0 Å². The standard InChI is InChI=1S/C16H11F3N4S/c17-16(18,19)11-2-4-12(5-3-11)24(21)23-15-9-22-14-6-1-10(8-20)7-13(14)15/h1-7,9,22H,(H2,21,23). The minimum atomic E-state index is -4.38. The molecule has 3 aromatic rings. The average Bonchev–Trinajstić information content (AvgIpc) is 2.96. The van der Waals surface area contributed by atoms with E-state index in [0.717, 1.165) is 23.0 Å². The van der Waals surface area contributed by atoms with Gasteiger partial charge in [-0.15, -0.1) is 0 Å². The van der Waals surface area contributed by atoms with E-state index >= 15 is 0 Å². The fourth-order valence-electron chi connectivity index (χ4n) is 2.19. The summed E-state index contributed by atoms with van der Waals surface area (Å²) < 4.78 is 42.1. The molecule has 0 fully saturated rings. The summed E-state index contributed by atoms with van der Waals surface area (Å²) >= 11 is 0. The number of aromatic amines is 1. The van der Waals surface area contributed by atoms with Crippen molar-refractivity contribution in [2.24, 2.45) is 9.50 Å². The number of nitriles is 1. The molecule has 3 rings (SSSR count). The molecule has 0 aliphatic carbocycles. The highest BCUT2D eigenvalue weighted by Crippen LogP contribution is 2.30. The Balaban J connectivity index is 1.98. The minimum absolute atomic E-state index is 0.491. The van der Waals surface area contributed by atoms with Gasteiger partial charge in [-0.05, 0) is 42.5 Å². The molecule has 0 aliphatic heterocycles. The molecule has 122 valence electrons. The highest BCUT2D eigenvalue weighted by Gasteiger charge is 2.30. The molecule has 2 aromatic carbocycles. The molecule has 0 saturated heterocycles. The first-order valence-electron chi connectivity index (χ1n) is 6.77. The zero-order chi connectivity index (χ0) is 17.3. The van der Waals surface area contributed by atoms with Crippen LogP contribution in [0.3, 0.4) is 0 Å². The van der Waals surface area contributed by atoms with Gasteiger partial charge in [-0.25, -0.2) is 4.36 Å². The van der Waals surface area contributed by atoms with Gasteiger partial charge in [0.25, 0.3) is 0 Å². The SMILES string of the molecule is N#Cc1ccc2[nH]cc(N=S(N)c3ccc(C(F)(F)F)cc3)c2c1. The number of halogens is 3. The maximum atomic E-state index is 12.6. The van der Waals surface area contributed by atoms with Crippen LogP contribution >= 0.6 is 0 Å². The molecular formula is C16H11F3N4S. The van der Waals surface area contributed by atoms with Crippen LogP contribution in [0.2, 0.25) is 0 Å². The highest BCUT2D eigenvalue weighted by atomic mass is 32.2. The molecule has 1 aromatic heterocycles. The fraction of sp³-hybridized carbons (Fsp3) is 0.0625. The number of hydrogen-bond donors (Lipinski definition) is 2. The third kappa shape index (κ3) is 3.18. The molecule has 0 bridgehead atoms. The van der Waals surface area contributed by atoms with Crippen molar-refractivity contribution in [1.82, 2.24) is 4.98 Å². The zero-order valence-corrected chi connectivity index (χ0v) is 12.9. The smallest absolute Gasteiger partial charge is 0.359 e. The van der Waals surface area contributed by atoms with Crippen molar-refractivity contribution in [1.29, 1.82) is 5.26 Å². The van der Waals surface area contributed by atoms with Crippen LogP contribution in [0.15, 0.2) is 57.9 Å². The van der Waals surface area contributed by atoms with Gasteiger partial charge in [0.15, 0.2) is 0 Å². The number of rotatable bonds is 2. The van der Waals surface area contributed by atoms with Gasteiger partial charge in [0, 0.05) is 32.9 Å². The Labute approximate surface area is 138 Å². The van der Waals surface area contributed by atoms with E-state index < -0.39 is 22.6 Å². The molecule has 3 N–H and O–H groups in total. The topological polar surface area (TPSA) is 78.0 Å². The predicted molar refractivity (Wildman–Crippen MR) is 86.4 cm³/mol. The van der Waals surface area contributed by atoms with Crippen LogP contribution in [-0.2, 0) is 17.1 Å². The molecule has 1 heterocycles. The lowest BCUT2D eigenvalue weighted by Crippen LogP contribution is -2.06. The van der Waals surface area contributed by atoms with E-state index in [2.05, 4.69) is 15.4 Å². The van der Waals surface area contributed by atoms with Crippen molar-refractivity contribution < 1.29 is 13.2 Å². The first-order valence-corrected chi connectivity index (χ1v) is 8.02. The van der Waals surface area contributed by atoms with Crippen molar-refractivity contribution >= 4 is 27.5 Å². The third-order valence-electron chi connectivity index (χ3n) is 3.41. The van der Waals surface area contributed by atoms with E-state index in [4.69, 9.17) is 10.4 Å². The molecular weight excluding hydrogens is 337 g/mol. The second kappa shape index (κ2) is 6.11. The lowest BCUT2D eigenvalue weighted by Gasteiger charge is -2.07. The summed E-state index contributed by atoms with van der Waals surface area (Å²) in [5, 5.41) is 15.7. The molecule has 4 nitrogen and oxygen atoms in total. The normalized spacial score (nSPS) is 13.1. The molecule has 0 saturated carbocycles. The maximum Gasteiger partial charge on any atom is 0.416 e. The van der Waals surface area contributed by atoms with E-state index in [-0.39, 0.29) is 0 Å². The molecule has 8 heteroatoms. The zero-order valence-electron chi connectivity index (χ0n) is 12.1. The van der Waals surface area contributed by atoms with E-state index in [1.165, 1.54) is 12.1 Å². The summed E-state index contributed by atoms with van der Waals surface area (Å²) in [5.41, 5.74) is 1.13. The average molecular weight is 348 g/mol. The highest BCUT2D eigenvalue weighted by molar-refractivity contribution is 7.85. The summed E-state index contributed by atoms with van der Waals surface area (Å²) in [7, 11) is -1.11. The Morgan fingerprint density at radius 2 is 1.83 bits per heavy atom. The Morgan fingerprint density at radius 1 is 1.12 bits per heavy atom. The van der Waals surface area contributed by atoms with Crippen LogP contribution in [0.4, 0.5) is 18.9 Å². The molecule has 1 atom stereocenters. The Kier molecular flexibility index (Phi) is 4.13. The van der Waals surface area contributed by atoms with E-state index in [9.17, 15) is 13.2 Å². The quantitative estimate of drug-likeness (QED) is 0.719. The van der Waals surface area contributed by atoms with E-state index in [0.29, 0.717) is 16.1 Å². The monoisotopic (exact) mass is 348 g/mol. The van der Waals surface area contributed by atoms with Gasteiger partial charge in [-0.1, -0.05) is 0 Å². The molecule has 0 amide bonds. The van der Waals surface area contributed by atoms with Crippen LogP contribution in [0.5, 0.6) is 0 Å². The molecule has 0 radical (unpaired) electrons. The second-order valence-corrected chi connectivity index (χ2v) is 6.26. The van der Waals surface area contributed by atoms with Gasteiger partial charge in [-0.3, -0.25) is 5.14 Å². The number of nitrogens with zero attached hydrogens (tertiary/aromatic N) is 2. The minimum Gasteiger partial charge on any atom is -0.359 e. The van der Waals surface area contributed by atoms with Gasteiger partial charge in [-0.2, -0.15) is 18.4 Å². The first-order chi connectivity index (χ1) is 11.4. The van der Waals surface area contributed by atoms with Crippen molar-refractivity contribution in [2.75, 3.05) is 0 Å². The number of H-pyrrole nitrogens is 1. The van der Waals surface area contributed by atoms with E-state index in [1.807, 2.05) is 0 Å². The summed E-state index contributed by atoms with van der Waals surface area (Å²) in [6.45, 7) is 0. The molecule has 0 aliphatic rings. The Hall–Kier alpha value is -2.63. The maximum absolute atomic E-state index is 12.6. The van der Waals surface area contributed by atoms with Crippen LogP contribution in [-0.4, -0.2) is 4.98 Å². The first kappa shape index (κ1) is 16.2. The number of benzene rings is 2. The van der Waals surface area contributed by atoms with E-state index in [1.54, 1.807) is 24.4 Å².